The van der Waals surface area contributed by atoms with Crippen LogP contribution in [0.25, 0.3) is 21.7 Å². The molecule has 3 heterocycles. The Morgan fingerprint density at radius 3 is 2.30 bits per heavy atom. The minimum atomic E-state index is -0.541. The van der Waals surface area contributed by atoms with Gasteiger partial charge in [0.1, 0.15) is 0 Å². The van der Waals surface area contributed by atoms with E-state index < -0.39 is 18.3 Å². The lowest BCUT2D eigenvalue weighted by Crippen LogP contribution is -2.41. The van der Waals surface area contributed by atoms with E-state index in [1.54, 1.807) is 10.9 Å². The van der Waals surface area contributed by atoms with Crippen LogP contribution in [-0.2, 0) is 14.0 Å². The lowest BCUT2D eigenvalue weighted by atomic mass is 9.75. The van der Waals surface area contributed by atoms with Gasteiger partial charge in [0.05, 0.1) is 28.4 Å². The number of hydrogen-bond donors (Lipinski definition) is 0. The lowest BCUT2D eigenvalue weighted by molar-refractivity contribution is 0.00578. The average Bonchev–Trinajstić information content (AvgIpc) is 2.95. The fraction of sp³-hybridized carbons (Fsp3) is 0.478. The van der Waals surface area contributed by atoms with E-state index in [1.165, 1.54) is 0 Å². The van der Waals surface area contributed by atoms with Crippen LogP contribution in [0.15, 0.2) is 41.5 Å². The molecule has 2 saturated heterocycles. The molecule has 0 radical (unpaired) electrons. The number of fused-ring (bicyclic) bond motifs is 3. The van der Waals surface area contributed by atoms with Crippen LogP contribution in [-0.4, -0.2) is 41.1 Å². The lowest BCUT2D eigenvalue weighted by Gasteiger charge is -2.32. The van der Waals surface area contributed by atoms with E-state index in [0.717, 1.165) is 34.6 Å². The summed E-state index contributed by atoms with van der Waals surface area (Å²) in [6.45, 7) is 9.50. The Hall–Kier alpha value is -2.22. The van der Waals surface area contributed by atoms with Crippen LogP contribution < -0.4 is 11.0 Å². The van der Waals surface area contributed by atoms with Crippen molar-refractivity contribution in [2.24, 2.45) is 0 Å². The summed E-state index contributed by atoms with van der Waals surface area (Å²) in [5.74, 6) is 0. The van der Waals surface area contributed by atoms with E-state index in [0.29, 0.717) is 18.6 Å². The highest BCUT2D eigenvalue weighted by atomic mass is 16.7. The molecular weight excluding hydrogens is 379 g/mol. The predicted octanol–water partition coefficient (Wildman–Crippen LogP) is 3.20. The van der Waals surface area contributed by atoms with E-state index in [9.17, 15) is 4.79 Å². The first-order valence-corrected chi connectivity index (χ1v) is 10.6. The molecule has 0 aliphatic carbocycles. The maximum Gasteiger partial charge on any atom is 0.495 e. The first-order valence-electron chi connectivity index (χ1n) is 10.6. The molecule has 0 amide bonds. The van der Waals surface area contributed by atoms with Crippen LogP contribution in [0.1, 0.15) is 46.6 Å². The van der Waals surface area contributed by atoms with Gasteiger partial charge in [-0.2, -0.15) is 0 Å². The SMILES string of the molecule is CC1(C)OB(c2cc3c(=O)n(C4CCOCC4)cnc3c3ccccc23)OC1(C)C. The van der Waals surface area contributed by atoms with Gasteiger partial charge in [-0.3, -0.25) is 9.36 Å². The molecule has 30 heavy (non-hydrogen) atoms. The third-order valence-corrected chi connectivity index (χ3v) is 6.92. The first-order chi connectivity index (χ1) is 14.3. The molecule has 2 fully saturated rings. The van der Waals surface area contributed by atoms with Crippen molar-refractivity contribution >= 4 is 34.3 Å². The summed E-state index contributed by atoms with van der Waals surface area (Å²) in [4.78, 5) is 18.2. The van der Waals surface area contributed by atoms with Crippen LogP contribution in [0.3, 0.4) is 0 Å². The van der Waals surface area contributed by atoms with E-state index in [4.69, 9.17) is 19.0 Å². The second kappa shape index (κ2) is 6.90. The van der Waals surface area contributed by atoms with Crippen molar-refractivity contribution < 1.29 is 14.0 Å². The molecule has 0 unspecified atom stereocenters. The van der Waals surface area contributed by atoms with Crippen LogP contribution in [0.5, 0.6) is 0 Å². The zero-order valence-corrected chi connectivity index (χ0v) is 18.0. The van der Waals surface area contributed by atoms with Crippen LogP contribution in [0.2, 0.25) is 0 Å². The molecule has 2 aromatic carbocycles. The average molecular weight is 406 g/mol. The number of hydrogen-bond acceptors (Lipinski definition) is 5. The molecule has 156 valence electrons. The maximum atomic E-state index is 13.5. The number of ether oxygens (including phenoxy) is 1. The molecular formula is C23H27BN2O4. The van der Waals surface area contributed by atoms with Crippen LogP contribution in [0, 0.1) is 0 Å². The second-order valence-electron chi connectivity index (χ2n) is 9.30. The topological polar surface area (TPSA) is 62.6 Å². The standard InChI is InChI=1S/C23H27BN2O4/c1-22(2)23(3,4)30-24(29-22)19-13-18-20(17-8-6-5-7-16(17)19)25-14-26(21(18)27)15-9-11-28-12-10-15/h5-8,13-15H,9-12H2,1-4H3. The van der Waals surface area contributed by atoms with Crippen molar-refractivity contribution in [3.05, 3.63) is 47.0 Å². The molecule has 0 saturated carbocycles. The van der Waals surface area contributed by atoms with Gasteiger partial charge < -0.3 is 14.0 Å². The van der Waals surface area contributed by atoms with Gasteiger partial charge in [0.25, 0.3) is 5.56 Å². The van der Waals surface area contributed by atoms with Gasteiger partial charge in [-0.1, -0.05) is 24.3 Å². The Morgan fingerprint density at radius 2 is 1.63 bits per heavy atom. The Bertz CT molecular complexity index is 1160. The summed E-state index contributed by atoms with van der Waals surface area (Å²) in [7, 11) is -0.541. The zero-order valence-electron chi connectivity index (χ0n) is 18.0. The largest absolute Gasteiger partial charge is 0.495 e. The van der Waals surface area contributed by atoms with Crippen molar-refractivity contribution in [3.63, 3.8) is 0 Å². The fourth-order valence-electron chi connectivity index (χ4n) is 4.39. The summed E-state index contributed by atoms with van der Waals surface area (Å²) in [5, 5.41) is 2.54. The van der Waals surface area contributed by atoms with Crippen molar-refractivity contribution in [1.29, 1.82) is 0 Å². The van der Waals surface area contributed by atoms with Crippen molar-refractivity contribution in [3.8, 4) is 0 Å². The molecule has 0 spiro atoms. The third-order valence-electron chi connectivity index (χ3n) is 6.92. The Labute approximate surface area is 176 Å². The Morgan fingerprint density at radius 1 is 1.00 bits per heavy atom. The molecule has 2 aliphatic heterocycles. The van der Waals surface area contributed by atoms with Gasteiger partial charge in [-0.25, -0.2) is 4.98 Å². The summed E-state index contributed by atoms with van der Waals surface area (Å²) >= 11 is 0. The minimum Gasteiger partial charge on any atom is -0.399 e. The van der Waals surface area contributed by atoms with Crippen LogP contribution >= 0.6 is 0 Å². The van der Waals surface area contributed by atoms with Crippen molar-refractivity contribution in [2.75, 3.05) is 13.2 Å². The van der Waals surface area contributed by atoms with E-state index in [2.05, 4.69) is 0 Å². The van der Waals surface area contributed by atoms with E-state index >= 15 is 0 Å². The molecule has 5 rings (SSSR count). The molecule has 7 heteroatoms. The Balaban J connectivity index is 1.72. The Kier molecular flexibility index (Phi) is 4.54. The normalized spacial score (nSPS) is 21.5. The molecule has 0 N–H and O–H groups in total. The first kappa shape index (κ1) is 19.7. The predicted molar refractivity (Wildman–Crippen MR) is 118 cm³/mol. The highest BCUT2D eigenvalue weighted by molar-refractivity contribution is 6.65. The summed E-state index contributed by atoms with van der Waals surface area (Å²) in [6.07, 6.45) is 3.34. The minimum absolute atomic E-state index is 0.0181. The summed E-state index contributed by atoms with van der Waals surface area (Å²) in [6, 6.07) is 10.1. The van der Waals surface area contributed by atoms with Gasteiger partial charge >= 0.3 is 7.12 Å². The van der Waals surface area contributed by atoms with Gasteiger partial charge in [0, 0.05) is 24.6 Å². The van der Waals surface area contributed by atoms with Gasteiger partial charge in [-0.05, 0) is 57.5 Å². The zero-order chi connectivity index (χ0) is 21.1. The van der Waals surface area contributed by atoms with Gasteiger partial charge in [0.2, 0.25) is 0 Å². The van der Waals surface area contributed by atoms with Gasteiger partial charge in [-0.15, -0.1) is 0 Å². The number of rotatable bonds is 2. The molecule has 0 bridgehead atoms. The number of benzene rings is 2. The highest BCUT2D eigenvalue weighted by Gasteiger charge is 2.52. The van der Waals surface area contributed by atoms with E-state index in [-0.39, 0.29) is 11.6 Å². The third kappa shape index (κ3) is 2.99. The summed E-state index contributed by atoms with van der Waals surface area (Å²) < 4.78 is 19.9. The second-order valence-corrected chi connectivity index (χ2v) is 9.30. The quantitative estimate of drug-likeness (QED) is 0.483. The van der Waals surface area contributed by atoms with Crippen LogP contribution in [0.4, 0.5) is 0 Å². The van der Waals surface area contributed by atoms with Gasteiger partial charge in [0.15, 0.2) is 0 Å². The highest BCUT2D eigenvalue weighted by Crippen LogP contribution is 2.37. The molecule has 6 nitrogen and oxygen atoms in total. The summed E-state index contributed by atoms with van der Waals surface area (Å²) in [5.41, 5.74) is 0.672. The maximum absolute atomic E-state index is 13.5. The molecule has 0 atom stereocenters. The fourth-order valence-corrected chi connectivity index (χ4v) is 4.39. The molecule has 3 aromatic rings. The number of aromatic nitrogens is 2. The molecule has 1 aromatic heterocycles. The number of nitrogens with zero attached hydrogens (tertiary/aromatic N) is 2. The van der Waals surface area contributed by atoms with Crippen molar-refractivity contribution in [2.45, 2.75) is 57.8 Å². The molecule has 2 aliphatic rings. The van der Waals surface area contributed by atoms with E-state index in [1.807, 2.05) is 58.0 Å². The van der Waals surface area contributed by atoms with Crippen molar-refractivity contribution in [1.82, 2.24) is 9.55 Å². The monoisotopic (exact) mass is 406 g/mol. The smallest absolute Gasteiger partial charge is 0.399 e.